The average molecular weight is 653 g/mol. The Hall–Kier alpha value is -2.48. The van der Waals surface area contributed by atoms with Gasteiger partial charge in [0, 0.05) is 12.3 Å². The predicted octanol–water partition coefficient (Wildman–Crippen LogP) is 10.1. The molecule has 2 unspecified atom stereocenters. The van der Waals surface area contributed by atoms with Crippen LogP contribution >= 0.6 is 0 Å². The number of unbranched alkanes of at least 4 members (excludes halogenated alkanes) is 7. The molecule has 7 heteroatoms. The standard InChI is InChI=1S/C39H60O6Si/c1-7-8-9-10-11-16-21-32-33(22-17-13-18-23-35(37(41)42)45-46(5,6)39(2,3)4)36(28-34(32)40)44-38(43)31-26-24-30(25-27-31)29-19-14-12-15-20-29/h12,14-15,19-20,24-27,32-36,40H,7-11,13,16-18,21-23,28H2,1-6H3,(H,41,42)/t32-,33-,34?,35?,36+/m1/s1. The van der Waals surface area contributed by atoms with Gasteiger partial charge < -0.3 is 19.4 Å². The molecule has 0 radical (unpaired) electrons. The molecule has 5 atom stereocenters. The minimum atomic E-state index is -2.19. The Kier molecular flexibility index (Phi) is 15.0. The summed E-state index contributed by atoms with van der Waals surface area (Å²) in [4.78, 5) is 25.3. The van der Waals surface area contributed by atoms with Gasteiger partial charge in [-0.3, -0.25) is 0 Å². The summed E-state index contributed by atoms with van der Waals surface area (Å²) >= 11 is 0. The molecule has 0 amide bonds. The molecule has 0 bridgehead atoms. The molecular formula is C39H60O6Si. The Morgan fingerprint density at radius 2 is 1.39 bits per heavy atom. The topological polar surface area (TPSA) is 93.1 Å². The third kappa shape index (κ3) is 11.3. The zero-order valence-corrected chi connectivity index (χ0v) is 30.3. The fraction of sp³-hybridized carbons (Fsp3) is 0.641. The second-order valence-electron chi connectivity index (χ2n) is 14.9. The zero-order chi connectivity index (χ0) is 33.7. The van der Waals surface area contributed by atoms with Crippen LogP contribution in [0.25, 0.3) is 11.1 Å². The first-order chi connectivity index (χ1) is 21.8. The normalized spacial score (nSPS) is 20.8. The number of hydrogen-bond acceptors (Lipinski definition) is 5. The lowest BCUT2D eigenvalue weighted by atomic mass is 9.84. The van der Waals surface area contributed by atoms with Crippen LogP contribution in [0.3, 0.4) is 0 Å². The van der Waals surface area contributed by atoms with E-state index in [1.54, 1.807) is 0 Å². The van der Waals surface area contributed by atoms with Crippen molar-refractivity contribution in [1.29, 1.82) is 0 Å². The van der Waals surface area contributed by atoms with Crippen molar-refractivity contribution in [3.8, 4) is 11.1 Å². The van der Waals surface area contributed by atoms with Crippen LogP contribution in [0.5, 0.6) is 0 Å². The Balaban J connectivity index is 1.61. The number of carbonyl (C=O) groups is 2. The zero-order valence-electron chi connectivity index (χ0n) is 29.3. The van der Waals surface area contributed by atoms with Gasteiger partial charge in [-0.1, -0.05) is 128 Å². The van der Waals surface area contributed by atoms with E-state index in [2.05, 4.69) is 40.8 Å². The van der Waals surface area contributed by atoms with E-state index in [1.807, 2.05) is 54.6 Å². The van der Waals surface area contributed by atoms with Crippen molar-refractivity contribution in [2.24, 2.45) is 11.8 Å². The van der Waals surface area contributed by atoms with Crippen LogP contribution in [0, 0.1) is 11.8 Å². The van der Waals surface area contributed by atoms with E-state index in [-0.39, 0.29) is 28.9 Å². The number of esters is 1. The Bertz CT molecular complexity index is 1190. The van der Waals surface area contributed by atoms with E-state index in [0.29, 0.717) is 18.4 Å². The van der Waals surface area contributed by atoms with Gasteiger partial charge in [0.1, 0.15) is 12.2 Å². The molecule has 3 rings (SSSR count). The Morgan fingerprint density at radius 3 is 2.00 bits per heavy atom. The summed E-state index contributed by atoms with van der Waals surface area (Å²) in [5.74, 6) is -1.02. The van der Waals surface area contributed by atoms with Gasteiger partial charge in [0.25, 0.3) is 0 Å². The summed E-state index contributed by atoms with van der Waals surface area (Å²) in [7, 11) is -2.19. The van der Waals surface area contributed by atoms with Crippen LogP contribution in [-0.2, 0) is 14.0 Å². The number of carboxylic acid groups (broad SMARTS) is 1. The van der Waals surface area contributed by atoms with Crippen molar-refractivity contribution in [2.45, 2.75) is 148 Å². The fourth-order valence-corrected chi connectivity index (χ4v) is 7.82. The van der Waals surface area contributed by atoms with E-state index < -0.39 is 26.5 Å². The number of carboxylic acids is 1. The molecule has 1 aliphatic rings. The highest BCUT2D eigenvalue weighted by atomic mass is 28.4. The first-order valence-electron chi connectivity index (χ1n) is 17.8. The molecule has 2 aromatic carbocycles. The summed E-state index contributed by atoms with van der Waals surface area (Å²) in [5, 5.41) is 21.0. The largest absolute Gasteiger partial charge is 0.479 e. The van der Waals surface area contributed by atoms with Crippen molar-refractivity contribution >= 4 is 20.3 Å². The van der Waals surface area contributed by atoms with Gasteiger partial charge in [0.05, 0.1) is 11.7 Å². The number of carbonyl (C=O) groups excluding carboxylic acids is 1. The minimum Gasteiger partial charge on any atom is -0.479 e. The first-order valence-corrected chi connectivity index (χ1v) is 20.7. The predicted molar refractivity (Wildman–Crippen MR) is 189 cm³/mol. The van der Waals surface area contributed by atoms with E-state index in [4.69, 9.17) is 9.16 Å². The Labute approximate surface area is 279 Å². The molecule has 1 aliphatic carbocycles. The molecule has 0 saturated heterocycles. The highest BCUT2D eigenvalue weighted by molar-refractivity contribution is 6.74. The first kappa shape index (κ1) is 38.0. The number of benzene rings is 2. The van der Waals surface area contributed by atoms with Crippen molar-refractivity contribution in [1.82, 2.24) is 0 Å². The van der Waals surface area contributed by atoms with Gasteiger partial charge in [0.2, 0.25) is 0 Å². The molecule has 1 fully saturated rings. The molecule has 0 spiro atoms. The Morgan fingerprint density at radius 1 is 0.826 bits per heavy atom. The smallest absolute Gasteiger partial charge is 0.338 e. The average Bonchev–Trinajstić information content (AvgIpc) is 3.30. The SMILES string of the molecule is CCCCCCCC[C@H]1C(O)C[C@H](OC(=O)c2ccc(-c3ccccc3)cc2)[C@@H]1CCCCCC(O[Si](C)(C)C(C)(C)C)C(=O)O. The van der Waals surface area contributed by atoms with Crippen LogP contribution in [0.2, 0.25) is 18.1 Å². The molecule has 0 aromatic heterocycles. The molecule has 1 saturated carbocycles. The minimum absolute atomic E-state index is 0.0502. The van der Waals surface area contributed by atoms with Crippen molar-refractivity contribution in [2.75, 3.05) is 0 Å². The van der Waals surface area contributed by atoms with Crippen molar-refractivity contribution in [3.63, 3.8) is 0 Å². The molecule has 0 aliphatic heterocycles. The van der Waals surface area contributed by atoms with Gasteiger partial charge in [-0.05, 0) is 66.6 Å². The van der Waals surface area contributed by atoms with Gasteiger partial charge >= 0.3 is 11.9 Å². The third-order valence-corrected chi connectivity index (χ3v) is 14.9. The molecule has 256 valence electrons. The number of rotatable bonds is 19. The lowest BCUT2D eigenvalue weighted by Gasteiger charge is -2.38. The second kappa shape index (κ2) is 18.2. The molecular weight excluding hydrogens is 593 g/mol. The lowest BCUT2D eigenvalue weighted by Crippen LogP contribution is -2.46. The summed E-state index contributed by atoms with van der Waals surface area (Å²) in [6.07, 6.45) is 10.9. The monoisotopic (exact) mass is 652 g/mol. The number of aliphatic carboxylic acids is 1. The summed E-state index contributed by atoms with van der Waals surface area (Å²) in [6.45, 7) is 12.8. The molecule has 46 heavy (non-hydrogen) atoms. The van der Waals surface area contributed by atoms with Crippen LogP contribution in [0.15, 0.2) is 54.6 Å². The maximum atomic E-state index is 13.3. The molecule has 0 heterocycles. The van der Waals surface area contributed by atoms with Crippen LogP contribution in [0.4, 0.5) is 0 Å². The fourth-order valence-electron chi connectivity index (χ4n) is 6.54. The summed E-state index contributed by atoms with van der Waals surface area (Å²) < 4.78 is 12.4. The van der Waals surface area contributed by atoms with Gasteiger partial charge in [0.15, 0.2) is 8.32 Å². The van der Waals surface area contributed by atoms with Crippen molar-refractivity contribution in [3.05, 3.63) is 60.2 Å². The highest BCUT2D eigenvalue weighted by Crippen LogP contribution is 2.42. The summed E-state index contributed by atoms with van der Waals surface area (Å²) in [5.41, 5.74) is 2.67. The van der Waals surface area contributed by atoms with Gasteiger partial charge in [-0.25, -0.2) is 9.59 Å². The molecule has 2 aromatic rings. The highest BCUT2D eigenvalue weighted by Gasteiger charge is 2.44. The third-order valence-electron chi connectivity index (χ3n) is 10.4. The van der Waals surface area contributed by atoms with E-state index in [1.165, 1.54) is 32.1 Å². The maximum absolute atomic E-state index is 13.3. The lowest BCUT2D eigenvalue weighted by molar-refractivity contribution is -0.146. The summed E-state index contributed by atoms with van der Waals surface area (Å²) in [6, 6.07) is 17.6. The van der Waals surface area contributed by atoms with E-state index in [9.17, 15) is 19.8 Å². The van der Waals surface area contributed by atoms with Gasteiger partial charge in [-0.2, -0.15) is 0 Å². The number of ether oxygens (including phenoxy) is 1. The molecule has 2 N–H and O–H groups in total. The maximum Gasteiger partial charge on any atom is 0.338 e. The van der Waals surface area contributed by atoms with Crippen LogP contribution in [-0.4, -0.2) is 48.8 Å². The van der Waals surface area contributed by atoms with Crippen LogP contribution in [0.1, 0.15) is 122 Å². The molecule has 6 nitrogen and oxygen atoms in total. The second-order valence-corrected chi connectivity index (χ2v) is 19.7. The van der Waals surface area contributed by atoms with Gasteiger partial charge in [-0.15, -0.1) is 0 Å². The van der Waals surface area contributed by atoms with E-state index >= 15 is 0 Å². The number of aliphatic hydroxyl groups excluding tert-OH is 1. The number of aliphatic hydroxyl groups is 1. The quantitative estimate of drug-likeness (QED) is 0.0891. The number of hydrogen-bond donors (Lipinski definition) is 2. The van der Waals surface area contributed by atoms with Crippen molar-refractivity contribution < 1.29 is 29.0 Å². The van der Waals surface area contributed by atoms with Crippen LogP contribution < -0.4 is 0 Å². The van der Waals surface area contributed by atoms with E-state index in [0.717, 1.165) is 49.7 Å².